The zero-order chi connectivity index (χ0) is 27.4. The van der Waals surface area contributed by atoms with Crippen LogP contribution in [-0.4, -0.2) is 30.4 Å². The van der Waals surface area contributed by atoms with Crippen LogP contribution < -0.4 is 16.0 Å². The van der Waals surface area contributed by atoms with Crippen LogP contribution in [0.1, 0.15) is 21.5 Å². The quantitative estimate of drug-likeness (QED) is 0.232. The molecule has 5 rings (SSSR count). The highest BCUT2D eigenvalue weighted by atomic mass is 19.4. The lowest BCUT2D eigenvalue weighted by atomic mass is 10.1. The van der Waals surface area contributed by atoms with Gasteiger partial charge in [0.25, 0.3) is 5.91 Å². The van der Waals surface area contributed by atoms with Crippen molar-refractivity contribution in [2.24, 2.45) is 0 Å². The van der Waals surface area contributed by atoms with E-state index in [9.17, 15) is 18.0 Å². The number of benzene rings is 2. The molecule has 2 aromatic carbocycles. The van der Waals surface area contributed by atoms with E-state index in [1.807, 2.05) is 13.0 Å². The Balaban J connectivity index is 1.35. The van der Waals surface area contributed by atoms with Crippen molar-refractivity contribution < 1.29 is 18.0 Å². The van der Waals surface area contributed by atoms with Crippen LogP contribution in [0.3, 0.4) is 0 Å². The van der Waals surface area contributed by atoms with E-state index < -0.39 is 17.6 Å². The molecule has 0 aliphatic heterocycles. The molecule has 3 N–H and O–H groups in total. The van der Waals surface area contributed by atoms with Crippen molar-refractivity contribution >= 4 is 34.7 Å². The molecule has 0 aliphatic rings. The number of imidazole rings is 1. The Hall–Kier alpha value is -5.26. The number of nitrogens with one attached hydrogen (secondary N) is 3. The number of hydrogen-bond acceptors (Lipinski definition) is 7. The Kier molecular flexibility index (Phi) is 6.91. The second-order valence-corrected chi connectivity index (χ2v) is 8.44. The van der Waals surface area contributed by atoms with Gasteiger partial charge in [-0.3, -0.25) is 14.3 Å². The predicted molar refractivity (Wildman–Crippen MR) is 141 cm³/mol. The van der Waals surface area contributed by atoms with Crippen molar-refractivity contribution in [3.8, 4) is 5.82 Å². The molecule has 39 heavy (non-hydrogen) atoms. The third-order valence-corrected chi connectivity index (χ3v) is 5.67. The topological polar surface area (TPSA) is 110 Å². The van der Waals surface area contributed by atoms with Crippen LogP contribution >= 0.6 is 0 Å². The molecule has 0 fully saturated rings. The van der Waals surface area contributed by atoms with Gasteiger partial charge in [0.15, 0.2) is 0 Å². The first-order valence-corrected chi connectivity index (χ1v) is 11.7. The van der Waals surface area contributed by atoms with Crippen molar-refractivity contribution in [3.63, 3.8) is 0 Å². The smallest absolute Gasteiger partial charge is 0.339 e. The molecule has 12 heteroatoms. The highest BCUT2D eigenvalue weighted by molar-refractivity contribution is 6.04. The van der Waals surface area contributed by atoms with E-state index in [1.165, 1.54) is 18.5 Å². The predicted octanol–water partition coefficient (Wildman–Crippen LogP) is 6.12. The molecule has 0 aliphatic carbocycles. The molecule has 3 heterocycles. The van der Waals surface area contributed by atoms with Crippen molar-refractivity contribution in [3.05, 3.63) is 108 Å². The number of hydrogen-bond donors (Lipinski definition) is 3. The summed E-state index contributed by atoms with van der Waals surface area (Å²) in [6.45, 7) is 1.87. The van der Waals surface area contributed by atoms with E-state index in [0.717, 1.165) is 23.4 Å². The van der Waals surface area contributed by atoms with Crippen LogP contribution in [0.15, 0.2) is 91.8 Å². The van der Waals surface area contributed by atoms with Gasteiger partial charge < -0.3 is 16.0 Å². The Labute approximate surface area is 220 Å². The van der Waals surface area contributed by atoms with Crippen LogP contribution in [0.2, 0.25) is 0 Å². The minimum Gasteiger partial charge on any atom is -0.339 e. The van der Waals surface area contributed by atoms with Crippen molar-refractivity contribution in [1.29, 1.82) is 0 Å². The molecule has 3 aromatic heterocycles. The van der Waals surface area contributed by atoms with Gasteiger partial charge in [-0.05, 0) is 55.0 Å². The summed E-state index contributed by atoms with van der Waals surface area (Å²) in [6, 6.07) is 14.8. The summed E-state index contributed by atoms with van der Waals surface area (Å²) in [5, 5.41) is 9.05. The van der Waals surface area contributed by atoms with Crippen LogP contribution in [0.25, 0.3) is 5.82 Å². The summed E-state index contributed by atoms with van der Waals surface area (Å²) in [7, 11) is 0. The fourth-order valence-electron chi connectivity index (χ4n) is 3.71. The molecule has 0 atom stereocenters. The van der Waals surface area contributed by atoms with Gasteiger partial charge in [-0.2, -0.15) is 13.2 Å². The number of amides is 1. The highest BCUT2D eigenvalue weighted by Crippen LogP contribution is 2.30. The standard InChI is InChI=1S/C27H21F3N8O/c1-17-7-8-20(36-25(39)18-4-2-5-19(12-18)27(28,29)30)13-22(17)37-26-32-10-11-38(26)24-14-23(33-16-34-24)35-21-6-3-9-31-15-21/h2-16H,1H3,(H,32,37)(H,36,39)(H,33,34,35). The van der Waals surface area contributed by atoms with Gasteiger partial charge in [-0.1, -0.05) is 12.1 Å². The number of aromatic nitrogens is 5. The monoisotopic (exact) mass is 530 g/mol. The average Bonchev–Trinajstić information content (AvgIpc) is 3.39. The minimum absolute atomic E-state index is 0.102. The molecule has 0 unspecified atom stereocenters. The maximum absolute atomic E-state index is 13.0. The first kappa shape index (κ1) is 25.4. The number of aryl methyl sites for hydroxylation is 1. The lowest BCUT2D eigenvalue weighted by Crippen LogP contribution is -2.14. The van der Waals surface area contributed by atoms with Gasteiger partial charge in [0.2, 0.25) is 5.95 Å². The van der Waals surface area contributed by atoms with Crippen molar-refractivity contribution in [1.82, 2.24) is 24.5 Å². The molecular formula is C27H21F3N8O. The van der Waals surface area contributed by atoms with Gasteiger partial charge in [-0.15, -0.1) is 0 Å². The van der Waals surface area contributed by atoms with E-state index in [-0.39, 0.29) is 5.56 Å². The van der Waals surface area contributed by atoms with E-state index in [2.05, 4.69) is 35.9 Å². The molecule has 0 saturated heterocycles. The number of alkyl halides is 3. The lowest BCUT2D eigenvalue weighted by molar-refractivity contribution is -0.137. The third-order valence-electron chi connectivity index (χ3n) is 5.67. The number of carbonyl (C=O) groups is 1. The zero-order valence-electron chi connectivity index (χ0n) is 20.4. The molecule has 0 radical (unpaired) electrons. The van der Waals surface area contributed by atoms with Gasteiger partial charge in [0, 0.05) is 41.6 Å². The number of halogens is 3. The molecule has 1 amide bonds. The van der Waals surface area contributed by atoms with E-state index in [4.69, 9.17) is 0 Å². The summed E-state index contributed by atoms with van der Waals surface area (Å²) < 4.78 is 40.9. The number of nitrogens with zero attached hydrogens (tertiary/aromatic N) is 5. The summed E-state index contributed by atoms with van der Waals surface area (Å²) in [4.78, 5) is 29.7. The normalized spacial score (nSPS) is 11.2. The third kappa shape index (κ3) is 6.01. The summed E-state index contributed by atoms with van der Waals surface area (Å²) in [5.74, 6) is 0.892. The maximum atomic E-state index is 13.0. The number of rotatable bonds is 7. The molecule has 9 nitrogen and oxygen atoms in total. The molecular weight excluding hydrogens is 509 g/mol. The molecule has 0 saturated carbocycles. The van der Waals surface area contributed by atoms with Crippen LogP contribution in [-0.2, 0) is 6.18 Å². The van der Waals surface area contributed by atoms with Gasteiger partial charge in [-0.25, -0.2) is 15.0 Å². The van der Waals surface area contributed by atoms with Crippen molar-refractivity contribution in [2.45, 2.75) is 13.1 Å². The second kappa shape index (κ2) is 10.6. The molecule has 0 spiro atoms. The average molecular weight is 531 g/mol. The zero-order valence-corrected chi connectivity index (χ0v) is 20.4. The molecule has 0 bridgehead atoms. The number of anilines is 5. The summed E-state index contributed by atoms with van der Waals surface area (Å²) >= 11 is 0. The Bertz CT molecular complexity index is 1620. The Morgan fingerprint density at radius 2 is 1.77 bits per heavy atom. The maximum Gasteiger partial charge on any atom is 0.416 e. The first-order chi connectivity index (χ1) is 18.8. The van der Waals surface area contributed by atoms with Crippen LogP contribution in [0.5, 0.6) is 0 Å². The van der Waals surface area contributed by atoms with Gasteiger partial charge >= 0.3 is 6.18 Å². The number of pyridine rings is 1. The van der Waals surface area contributed by atoms with E-state index in [1.54, 1.807) is 59.7 Å². The number of carbonyl (C=O) groups excluding carboxylic acids is 1. The fourth-order valence-corrected chi connectivity index (χ4v) is 3.71. The van der Waals surface area contributed by atoms with Crippen LogP contribution in [0.4, 0.5) is 42.0 Å². The lowest BCUT2D eigenvalue weighted by Gasteiger charge is -2.14. The summed E-state index contributed by atoms with van der Waals surface area (Å²) in [5.41, 5.74) is 1.65. The summed E-state index contributed by atoms with van der Waals surface area (Å²) in [6.07, 6.45) is 3.56. The minimum atomic E-state index is -4.54. The van der Waals surface area contributed by atoms with Gasteiger partial charge in [0.1, 0.15) is 18.0 Å². The largest absolute Gasteiger partial charge is 0.416 e. The fraction of sp³-hybridized carbons (Fsp3) is 0.0741. The first-order valence-electron chi connectivity index (χ1n) is 11.7. The van der Waals surface area contributed by atoms with E-state index in [0.29, 0.717) is 29.0 Å². The van der Waals surface area contributed by atoms with Gasteiger partial charge in [0.05, 0.1) is 17.4 Å². The van der Waals surface area contributed by atoms with E-state index >= 15 is 0 Å². The Morgan fingerprint density at radius 1 is 0.897 bits per heavy atom. The SMILES string of the molecule is Cc1ccc(NC(=O)c2cccc(C(F)(F)F)c2)cc1Nc1nccn1-c1cc(Nc2cccnc2)ncn1. The highest BCUT2D eigenvalue weighted by Gasteiger charge is 2.30. The molecule has 5 aromatic rings. The molecule has 196 valence electrons. The second-order valence-electron chi connectivity index (χ2n) is 8.44. The Morgan fingerprint density at radius 3 is 2.56 bits per heavy atom. The van der Waals surface area contributed by atoms with Crippen molar-refractivity contribution in [2.75, 3.05) is 16.0 Å². The van der Waals surface area contributed by atoms with Crippen LogP contribution in [0, 0.1) is 6.92 Å².